The summed E-state index contributed by atoms with van der Waals surface area (Å²) in [7, 11) is 0. The number of likely N-dealkylation sites (tertiary alicyclic amines) is 1. The third kappa shape index (κ3) is 5.00. The van der Waals surface area contributed by atoms with Gasteiger partial charge in [-0.1, -0.05) is 25.5 Å². The Morgan fingerprint density at radius 2 is 1.84 bits per heavy atom. The highest BCUT2D eigenvalue weighted by Crippen LogP contribution is 2.42. The van der Waals surface area contributed by atoms with Crippen molar-refractivity contribution in [1.29, 1.82) is 0 Å². The topological polar surface area (TPSA) is 98.2 Å². The van der Waals surface area contributed by atoms with Crippen LogP contribution in [0.25, 0.3) is 5.76 Å². The van der Waals surface area contributed by atoms with Crippen LogP contribution in [0.5, 0.6) is 17.2 Å². The van der Waals surface area contributed by atoms with E-state index in [1.807, 2.05) is 24.3 Å². The summed E-state index contributed by atoms with van der Waals surface area (Å²) < 4.78 is 17.1. The number of carbonyl (C=O) groups is 2. The molecule has 0 aliphatic carbocycles. The molecule has 0 saturated carbocycles. The van der Waals surface area contributed by atoms with Gasteiger partial charge >= 0.3 is 0 Å². The van der Waals surface area contributed by atoms with Crippen molar-refractivity contribution in [3.8, 4) is 17.2 Å². The van der Waals surface area contributed by atoms with E-state index >= 15 is 0 Å². The van der Waals surface area contributed by atoms with Gasteiger partial charge in [0.05, 0.1) is 18.2 Å². The molecular weight excluding hydrogens is 472 g/mol. The van der Waals surface area contributed by atoms with Gasteiger partial charge in [-0.25, -0.2) is 0 Å². The highest BCUT2D eigenvalue weighted by atomic mass is 16.6. The Bertz CT molecular complexity index is 1340. The molecular formula is C29H28N2O6. The molecule has 0 spiro atoms. The number of rotatable bonds is 8. The molecule has 1 N–H and O–H groups in total. The number of carbonyl (C=O) groups excluding carboxylic acids is 2. The van der Waals surface area contributed by atoms with Crippen molar-refractivity contribution in [1.82, 2.24) is 9.88 Å². The van der Waals surface area contributed by atoms with Crippen LogP contribution in [0.4, 0.5) is 0 Å². The zero-order chi connectivity index (χ0) is 25.8. The molecule has 3 aromatic rings. The van der Waals surface area contributed by atoms with Crippen LogP contribution in [0.1, 0.15) is 42.5 Å². The van der Waals surface area contributed by atoms with Gasteiger partial charge in [-0.2, -0.15) is 0 Å². The number of aliphatic hydroxyl groups is 1. The van der Waals surface area contributed by atoms with E-state index in [1.54, 1.807) is 42.7 Å². The van der Waals surface area contributed by atoms with Crippen LogP contribution in [-0.2, 0) is 16.1 Å². The van der Waals surface area contributed by atoms with Gasteiger partial charge < -0.3 is 24.2 Å². The van der Waals surface area contributed by atoms with E-state index in [9.17, 15) is 14.7 Å². The van der Waals surface area contributed by atoms with Gasteiger partial charge in [0.15, 0.2) is 11.5 Å². The third-order valence-electron chi connectivity index (χ3n) is 6.40. The average molecular weight is 501 g/mol. The van der Waals surface area contributed by atoms with Gasteiger partial charge in [0, 0.05) is 24.5 Å². The number of ether oxygens (including phenoxy) is 3. The van der Waals surface area contributed by atoms with Gasteiger partial charge in [0.25, 0.3) is 11.7 Å². The smallest absolute Gasteiger partial charge is 0.295 e. The lowest BCUT2D eigenvalue weighted by Crippen LogP contribution is -2.29. The molecule has 1 aromatic heterocycles. The van der Waals surface area contributed by atoms with E-state index in [1.165, 1.54) is 4.90 Å². The van der Waals surface area contributed by atoms with E-state index in [-0.39, 0.29) is 17.9 Å². The van der Waals surface area contributed by atoms with Crippen LogP contribution in [0, 0.1) is 0 Å². The average Bonchev–Trinajstić information content (AvgIpc) is 3.18. The molecule has 1 unspecified atom stereocenters. The summed E-state index contributed by atoms with van der Waals surface area (Å²) in [6.07, 6.45) is 5.19. The Morgan fingerprint density at radius 3 is 2.62 bits per heavy atom. The number of benzene rings is 2. The second-order valence-electron chi connectivity index (χ2n) is 8.92. The fraction of sp³-hybridized carbons (Fsp3) is 0.276. The Balaban J connectivity index is 1.59. The standard InChI is InChI=1S/C29H28N2O6/c1-2-3-13-35-22-6-4-5-20(16-22)26-25(27(32)21-7-8-23-24(17-21)37-15-14-36-23)28(33)29(34)31(26)18-19-9-11-30-12-10-19/h4-12,16-17,26,32H,2-3,13-15,18H2,1H3/b27-25-. The molecule has 190 valence electrons. The fourth-order valence-corrected chi connectivity index (χ4v) is 4.53. The summed E-state index contributed by atoms with van der Waals surface area (Å²) in [5, 5.41) is 11.4. The zero-order valence-electron chi connectivity index (χ0n) is 20.6. The molecule has 3 heterocycles. The summed E-state index contributed by atoms with van der Waals surface area (Å²) in [5.41, 5.74) is 1.87. The molecule has 1 saturated heterocycles. The summed E-state index contributed by atoms with van der Waals surface area (Å²) in [6, 6.07) is 15.1. The first-order valence-corrected chi connectivity index (χ1v) is 12.4. The number of aromatic nitrogens is 1. The van der Waals surface area contributed by atoms with E-state index < -0.39 is 17.7 Å². The molecule has 1 atom stereocenters. The predicted molar refractivity (Wildman–Crippen MR) is 136 cm³/mol. The molecule has 2 aromatic carbocycles. The SMILES string of the molecule is CCCCOc1cccc(C2/C(=C(/O)c3ccc4c(c3)OCCO4)C(=O)C(=O)N2Cc2ccncc2)c1. The Labute approximate surface area is 215 Å². The lowest BCUT2D eigenvalue weighted by atomic mass is 9.95. The third-order valence-corrected chi connectivity index (χ3v) is 6.40. The predicted octanol–water partition coefficient (Wildman–Crippen LogP) is 4.65. The van der Waals surface area contributed by atoms with Crippen LogP contribution in [0.2, 0.25) is 0 Å². The number of aliphatic hydroxyl groups excluding tert-OH is 1. The van der Waals surface area contributed by atoms with Crippen molar-refractivity contribution >= 4 is 17.4 Å². The number of pyridine rings is 1. The molecule has 0 bridgehead atoms. The minimum absolute atomic E-state index is 0.0152. The monoisotopic (exact) mass is 500 g/mol. The van der Waals surface area contributed by atoms with Crippen LogP contribution in [0.3, 0.4) is 0 Å². The highest BCUT2D eigenvalue weighted by molar-refractivity contribution is 6.46. The van der Waals surface area contributed by atoms with E-state index in [0.29, 0.717) is 48.2 Å². The van der Waals surface area contributed by atoms with Crippen molar-refractivity contribution in [3.05, 3.63) is 89.3 Å². The Hall–Kier alpha value is -4.33. The summed E-state index contributed by atoms with van der Waals surface area (Å²) in [4.78, 5) is 32.2. The van der Waals surface area contributed by atoms with Crippen LogP contribution in [-0.4, -0.2) is 46.5 Å². The van der Waals surface area contributed by atoms with Gasteiger partial charge in [0.2, 0.25) is 0 Å². The first-order valence-electron chi connectivity index (χ1n) is 12.4. The summed E-state index contributed by atoms with van der Waals surface area (Å²) in [6.45, 7) is 3.66. The van der Waals surface area contributed by atoms with Crippen molar-refractivity contribution in [2.45, 2.75) is 32.4 Å². The van der Waals surface area contributed by atoms with E-state index in [0.717, 1.165) is 18.4 Å². The van der Waals surface area contributed by atoms with Gasteiger partial charge in [0.1, 0.15) is 24.7 Å². The number of amides is 1. The maximum absolute atomic E-state index is 13.4. The first-order chi connectivity index (χ1) is 18.1. The van der Waals surface area contributed by atoms with Crippen LogP contribution < -0.4 is 14.2 Å². The van der Waals surface area contributed by atoms with Gasteiger partial charge in [-0.3, -0.25) is 14.6 Å². The van der Waals surface area contributed by atoms with Crippen molar-refractivity contribution in [3.63, 3.8) is 0 Å². The number of Topliss-reactive ketones (excluding diaryl/α,β-unsaturated/α-hetero) is 1. The normalized spacial score (nSPS) is 18.2. The Morgan fingerprint density at radius 1 is 1.05 bits per heavy atom. The minimum Gasteiger partial charge on any atom is -0.507 e. The van der Waals surface area contributed by atoms with E-state index in [2.05, 4.69) is 11.9 Å². The van der Waals surface area contributed by atoms with E-state index in [4.69, 9.17) is 14.2 Å². The number of nitrogens with zero attached hydrogens (tertiary/aromatic N) is 2. The Kier molecular flexibility index (Phi) is 7.07. The molecule has 8 nitrogen and oxygen atoms in total. The minimum atomic E-state index is -0.809. The maximum Gasteiger partial charge on any atom is 0.295 e. The number of unbranched alkanes of at least 4 members (excludes halogenated alkanes) is 1. The molecule has 37 heavy (non-hydrogen) atoms. The fourth-order valence-electron chi connectivity index (χ4n) is 4.53. The van der Waals surface area contributed by atoms with Gasteiger partial charge in [-0.15, -0.1) is 0 Å². The maximum atomic E-state index is 13.4. The summed E-state index contributed by atoms with van der Waals surface area (Å²) in [5.74, 6) is -0.0183. The van der Waals surface area contributed by atoms with Crippen molar-refractivity contribution < 1.29 is 28.9 Å². The van der Waals surface area contributed by atoms with Gasteiger partial charge in [-0.05, 0) is 60.0 Å². The molecule has 5 rings (SSSR count). The summed E-state index contributed by atoms with van der Waals surface area (Å²) >= 11 is 0. The molecule has 2 aliphatic heterocycles. The lowest BCUT2D eigenvalue weighted by Gasteiger charge is -2.26. The van der Waals surface area contributed by atoms with Crippen LogP contribution >= 0.6 is 0 Å². The molecule has 0 radical (unpaired) electrons. The number of hydrogen-bond acceptors (Lipinski definition) is 7. The first kappa shape index (κ1) is 24.4. The molecule has 1 fully saturated rings. The quantitative estimate of drug-likeness (QED) is 0.208. The number of ketones is 1. The molecule has 2 aliphatic rings. The second kappa shape index (κ2) is 10.7. The number of fused-ring (bicyclic) bond motifs is 1. The molecule has 1 amide bonds. The lowest BCUT2D eigenvalue weighted by molar-refractivity contribution is -0.140. The van der Waals surface area contributed by atoms with Crippen molar-refractivity contribution in [2.24, 2.45) is 0 Å². The largest absolute Gasteiger partial charge is 0.507 e. The van der Waals surface area contributed by atoms with Crippen molar-refractivity contribution in [2.75, 3.05) is 19.8 Å². The second-order valence-corrected chi connectivity index (χ2v) is 8.92. The van der Waals surface area contributed by atoms with Crippen LogP contribution in [0.15, 0.2) is 72.6 Å². The molecule has 8 heteroatoms. The zero-order valence-corrected chi connectivity index (χ0v) is 20.6. The number of hydrogen-bond donors (Lipinski definition) is 1. The highest BCUT2D eigenvalue weighted by Gasteiger charge is 2.46.